The van der Waals surface area contributed by atoms with Crippen LogP contribution in [0, 0.1) is 11.7 Å². The number of quaternary nitrogens is 1. The fraction of sp³-hybridized carbons (Fsp3) is 0.538. The van der Waals surface area contributed by atoms with Gasteiger partial charge in [-0.25, -0.2) is 0 Å². The summed E-state index contributed by atoms with van der Waals surface area (Å²) in [6.45, 7) is 3.86. The van der Waals surface area contributed by atoms with Crippen molar-refractivity contribution < 1.29 is 4.90 Å². The van der Waals surface area contributed by atoms with Crippen LogP contribution in [0.4, 0.5) is 0 Å². The zero-order chi connectivity index (χ0) is 14.3. The largest absolute Gasteiger partial charge is 0.314 e. The Kier molecular flexibility index (Phi) is 4.12. The van der Waals surface area contributed by atoms with Crippen molar-refractivity contribution in [1.82, 2.24) is 14.3 Å². The molecule has 1 N–H and O–H groups in total. The number of hydrogen-bond acceptors (Lipinski definition) is 3. The van der Waals surface area contributed by atoms with Crippen molar-refractivity contribution in [3.05, 3.63) is 31.4 Å². The van der Waals surface area contributed by atoms with Gasteiger partial charge in [-0.1, -0.05) is 0 Å². The first kappa shape index (κ1) is 14.4. The van der Waals surface area contributed by atoms with Crippen molar-refractivity contribution in [2.75, 3.05) is 7.05 Å². The lowest BCUT2D eigenvalue weighted by Crippen LogP contribution is -3.06. The summed E-state index contributed by atoms with van der Waals surface area (Å²) in [6.07, 6.45) is 2.49. The Bertz CT molecular complexity index is 668. The van der Waals surface area contributed by atoms with E-state index in [4.69, 9.17) is 12.2 Å². The molecule has 1 aliphatic carbocycles. The van der Waals surface area contributed by atoms with E-state index < -0.39 is 0 Å². The van der Waals surface area contributed by atoms with Crippen molar-refractivity contribution in [2.24, 2.45) is 0 Å². The zero-order valence-electron chi connectivity index (χ0n) is 11.6. The molecule has 2 heterocycles. The third-order valence-corrected chi connectivity index (χ3v) is 5.51. The third kappa shape index (κ3) is 3.05. The average Bonchev–Trinajstić information content (AvgIpc) is 3.06. The maximum Gasteiger partial charge on any atom is 0.203 e. The molecule has 4 nitrogen and oxygen atoms in total. The first-order chi connectivity index (χ1) is 9.54. The van der Waals surface area contributed by atoms with Gasteiger partial charge in [-0.15, -0.1) is 11.3 Å². The van der Waals surface area contributed by atoms with E-state index in [1.807, 2.05) is 4.68 Å². The van der Waals surface area contributed by atoms with Gasteiger partial charge >= 0.3 is 0 Å². The fourth-order valence-corrected chi connectivity index (χ4v) is 4.42. The normalized spacial score (nSPS) is 16.6. The number of rotatable bonds is 5. The van der Waals surface area contributed by atoms with E-state index >= 15 is 0 Å². The van der Waals surface area contributed by atoms with Gasteiger partial charge in [0.1, 0.15) is 12.4 Å². The van der Waals surface area contributed by atoms with Gasteiger partial charge in [0.2, 0.25) is 4.77 Å². The van der Waals surface area contributed by atoms with Crippen LogP contribution in [0.5, 0.6) is 0 Å². The second kappa shape index (κ2) is 5.71. The molecule has 0 aliphatic heterocycles. The van der Waals surface area contributed by atoms with Gasteiger partial charge in [-0.3, -0.25) is 0 Å². The molecule has 2 aromatic heterocycles. The van der Waals surface area contributed by atoms with E-state index in [0.717, 1.165) is 23.8 Å². The molecule has 2 aromatic rings. The van der Waals surface area contributed by atoms with Crippen LogP contribution >= 0.6 is 39.5 Å². The van der Waals surface area contributed by atoms with E-state index in [0.29, 0.717) is 6.04 Å². The fourth-order valence-electron chi connectivity index (χ4n) is 2.44. The molecule has 1 unspecified atom stereocenters. The average molecular weight is 374 g/mol. The third-order valence-electron chi connectivity index (χ3n) is 3.48. The van der Waals surface area contributed by atoms with Crippen LogP contribution in [0.3, 0.4) is 0 Å². The molecule has 0 saturated heterocycles. The van der Waals surface area contributed by atoms with Gasteiger partial charge in [0.25, 0.3) is 0 Å². The van der Waals surface area contributed by atoms with Crippen LogP contribution in [-0.4, -0.2) is 21.4 Å². The second-order valence-corrected chi connectivity index (χ2v) is 8.34. The molecule has 1 fully saturated rings. The lowest BCUT2D eigenvalue weighted by Gasteiger charge is -2.12. The van der Waals surface area contributed by atoms with E-state index in [1.54, 1.807) is 11.3 Å². The minimum absolute atomic E-state index is 0.602. The minimum Gasteiger partial charge on any atom is -0.314 e. The quantitative estimate of drug-likeness (QED) is 0.815. The lowest BCUT2D eigenvalue weighted by atomic mass is 10.4. The number of nitrogens with one attached hydrogen (secondary N) is 1. The molecule has 108 valence electrons. The summed E-state index contributed by atoms with van der Waals surface area (Å²) in [5.41, 5.74) is 0. The van der Waals surface area contributed by atoms with Crippen LogP contribution in [-0.2, 0) is 13.2 Å². The van der Waals surface area contributed by atoms with Crippen LogP contribution in [0.1, 0.15) is 29.6 Å². The maximum atomic E-state index is 5.56. The maximum absolute atomic E-state index is 5.56. The van der Waals surface area contributed by atoms with Gasteiger partial charge in [-0.2, -0.15) is 9.78 Å². The summed E-state index contributed by atoms with van der Waals surface area (Å²) in [6, 6.07) is 4.88. The Hall–Kier alpha value is -0.500. The first-order valence-corrected chi connectivity index (χ1v) is 8.78. The van der Waals surface area contributed by atoms with E-state index in [9.17, 15) is 0 Å². The molecule has 0 aromatic carbocycles. The molecule has 3 rings (SSSR count). The number of nitrogens with zero attached hydrogens (tertiary/aromatic N) is 3. The van der Waals surface area contributed by atoms with Crippen molar-refractivity contribution in [1.29, 1.82) is 0 Å². The van der Waals surface area contributed by atoms with Gasteiger partial charge < -0.3 is 9.47 Å². The molecule has 20 heavy (non-hydrogen) atoms. The Morgan fingerprint density at radius 3 is 2.85 bits per heavy atom. The summed E-state index contributed by atoms with van der Waals surface area (Å²) >= 11 is 10.9. The van der Waals surface area contributed by atoms with Gasteiger partial charge in [-0.05, 0) is 60.0 Å². The van der Waals surface area contributed by atoms with Crippen LogP contribution in [0.25, 0.3) is 0 Å². The van der Waals surface area contributed by atoms with Crippen molar-refractivity contribution >= 4 is 39.5 Å². The lowest BCUT2D eigenvalue weighted by molar-refractivity contribution is -0.917. The molecule has 0 spiro atoms. The van der Waals surface area contributed by atoms with Crippen LogP contribution in [0.2, 0.25) is 0 Å². The second-order valence-electron chi connectivity index (χ2n) is 5.43. The molecular formula is C13H18BrN4S2+. The minimum atomic E-state index is 0.602. The van der Waals surface area contributed by atoms with Crippen molar-refractivity contribution in [3.63, 3.8) is 0 Å². The number of thiophene rings is 1. The van der Waals surface area contributed by atoms with Gasteiger partial charge in [0.15, 0.2) is 6.67 Å². The van der Waals surface area contributed by atoms with E-state index in [1.165, 1.54) is 26.4 Å². The predicted octanol–water partition coefficient (Wildman–Crippen LogP) is 2.55. The highest BCUT2D eigenvalue weighted by atomic mass is 79.9. The number of hydrogen-bond donors (Lipinski definition) is 1. The molecule has 0 bridgehead atoms. The number of aryl methyl sites for hydroxylation is 1. The molecule has 1 aliphatic rings. The summed E-state index contributed by atoms with van der Waals surface area (Å²) in [5, 5.41) is 4.61. The summed E-state index contributed by atoms with van der Waals surface area (Å²) in [7, 11) is 2.18. The van der Waals surface area contributed by atoms with Crippen molar-refractivity contribution in [3.8, 4) is 0 Å². The summed E-state index contributed by atoms with van der Waals surface area (Å²) in [5.74, 6) is 1.05. The molecule has 0 radical (unpaired) electrons. The van der Waals surface area contributed by atoms with Crippen LogP contribution < -0.4 is 4.90 Å². The van der Waals surface area contributed by atoms with Crippen LogP contribution in [0.15, 0.2) is 15.9 Å². The molecule has 1 atom stereocenters. The number of halogens is 1. The molecule has 1 saturated carbocycles. The highest BCUT2D eigenvalue weighted by Crippen LogP contribution is 2.35. The Labute approximate surface area is 136 Å². The monoisotopic (exact) mass is 373 g/mol. The SMILES string of the molecule is Cc1nn(C[NH+](C)Cc2ccc(Br)s2)c(=S)n1C1CC1. The Morgan fingerprint density at radius 2 is 2.25 bits per heavy atom. The smallest absolute Gasteiger partial charge is 0.203 e. The highest BCUT2D eigenvalue weighted by Gasteiger charge is 2.27. The number of aromatic nitrogens is 3. The topological polar surface area (TPSA) is 27.2 Å². The van der Waals surface area contributed by atoms with E-state index in [-0.39, 0.29) is 0 Å². The molecular weight excluding hydrogens is 356 g/mol. The van der Waals surface area contributed by atoms with E-state index in [2.05, 4.69) is 51.7 Å². The van der Waals surface area contributed by atoms with Crippen molar-refractivity contribution in [2.45, 2.75) is 39.0 Å². The highest BCUT2D eigenvalue weighted by molar-refractivity contribution is 9.11. The Balaban J connectivity index is 1.71. The Morgan fingerprint density at radius 1 is 1.50 bits per heavy atom. The zero-order valence-corrected chi connectivity index (χ0v) is 14.8. The molecule has 7 heteroatoms. The molecule has 0 amide bonds. The summed E-state index contributed by atoms with van der Waals surface area (Å²) < 4.78 is 6.24. The standard InChI is InChI=1S/C13H17BrN4S2/c1-9-15-17(13(19)18(9)10-3-4-10)8-16(2)7-11-5-6-12(14)20-11/h5-6,10H,3-4,7-8H2,1-2H3/p+1. The van der Waals surface area contributed by atoms with Gasteiger partial charge in [0, 0.05) is 6.04 Å². The predicted molar refractivity (Wildman–Crippen MR) is 86.7 cm³/mol. The summed E-state index contributed by atoms with van der Waals surface area (Å²) in [4.78, 5) is 2.76. The van der Waals surface area contributed by atoms with Gasteiger partial charge in [0.05, 0.1) is 15.7 Å². The first-order valence-electron chi connectivity index (χ1n) is 6.76.